The second-order valence-electron chi connectivity index (χ2n) is 2.65. The first kappa shape index (κ1) is 9.60. The van der Waals surface area contributed by atoms with Crippen molar-refractivity contribution in [1.29, 1.82) is 0 Å². The van der Waals surface area contributed by atoms with Crippen LogP contribution in [0.2, 0.25) is 5.15 Å². The first-order valence-electron chi connectivity index (χ1n) is 4.04. The zero-order chi connectivity index (χ0) is 10.7. The van der Waals surface area contributed by atoms with Crippen molar-refractivity contribution in [1.82, 2.24) is 20.2 Å². The number of hydrogen-bond acceptors (Lipinski definition) is 4. The van der Waals surface area contributed by atoms with Gasteiger partial charge in [-0.2, -0.15) is 5.10 Å². The number of aromatic nitrogens is 4. The average molecular weight is 224 g/mol. The van der Waals surface area contributed by atoms with E-state index in [1.54, 1.807) is 6.07 Å². The number of aromatic amines is 1. The van der Waals surface area contributed by atoms with E-state index in [4.69, 9.17) is 11.6 Å². The van der Waals surface area contributed by atoms with Crippen LogP contribution in [0.25, 0.3) is 0 Å². The van der Waals surface area contributed by atoms with Gasteiger partial charge in [0, 0.05) is 6.07 Å². The van der Waals surface area contributed by atoms with Crippen LogP contribution in [0.1, 0.15) is 10.5 Å². The number of amides is 1. The van der Waals surface area contributed by atoms with Crippen LogP contribution in [-0.2, 0) is 0 Å². The molecule has 0 saturated heterocycles. The average Bonchev–Trinajstić information content (AvgIpc) is 2.71. The molecule has 0 atom stereocenters. The van der Waals surface area contributed by atoms with Gasteiger partial charge in [0.15, 0.2) is 0 Å². The molecular weight excluding hydrogens is 218 g/mol. The number of carbonyl (C=O) groups excluding carboxylic acids is 1. The van der Waals surface area contributed by atoms with Gasteiger partial charge in [0.25, 0.3) is 5.91 Å². The summed E-state index contributed by atoms with van der Waals surface area (Å²) in [6, 6.07) is 1.63. The smallest absolute Gasteiger partial charge is 0.276 e. The van der Waals surface area contributed by atoms with Gasteiger partial charge in [0.2, 0.25) is 0 Å². The predicted molar refractivity (Wildman–Crippen MR) is 53.6 cm³/mol. The van der Waals surface area contributed by atoms with E-state index >= 15 is 0 Å². The number of rotatable bonds is 2. The first-order valence-corrected chi connectivity index (χ1v) is 4.42. The topological polar surface area (TPSA) is 83.6 Å². The minimum atomic E-state index is -0.372. The van der Waals surface area contributed by atoms with Crippen molar-refractivity contribution in [3.05, 3.63) is 35.5 Å². The Bertz CT molecular complexity index is 452. The van der Waals surface area contributed by atoms with E-state index in [2.05, 4.69) is 25.5 Å². The van der Waals surface area contributed by atoms with Gasteiger partial charge in [-0.1, -0.05) is 11.6 Å². The Morgan fingerprint density at radius 2 is 2.27 bits per heavy atom. The predicted octanol–water partition coefficient (Wildman–Crippen LogP) is 1.11. The Morgan fingerprint density at radius 3 is 2.87 bits per heavy atom. The van der Waals surface area contributed by atoms with Crippen LogP contribution in [0.15, 0.2) is 24.7 Å². The maximum Gasteiger partial charge on any atom is 0.276 e. The van der Waals surface area contributed by atoms with Gasteiger partial charge in [-0.15, -0.1) is 0 Å². The molecule has 0 aromatic carbocycles. The molecule has 0 aliphatic rings. The molecule has 0 bridgehead atoms. The maximum absolute atomic E-state index is 11.5. The molecule has 2 N–H and O–H groups in total. The molecule has 2 aromatic rings. The number of H-pyrrole nitrogens is 1. The standard InChI is InChI=1S/C8H6ClN5O/c9-6-4-10-5(3-11-6)8(15)13-7-1-2-12-14-7/h1-4H,(H2,12,13,14,15). The van der Waals surface area contributed by atoms with Gasteiger partial charge in [-0.05, 0) is 0 Å². The number of halogens is 1. The highest BCUT2D eigenvalue weighted by Crippen LogP contribution is 2.04. The van der Waals surface area contributed by atoms with Gasteiger partial charge < -0.3 is 5.32 Å². The molecule has 0 aliphatic heterocycles. The zero-order valence-corrected chi connectivity index (χ0v) is 8.19. The normalized spacial score (nSPS) is 9.93. The number of anilines is 1. The van der Waals surface area contributed by atoms with E-state index in [0.717, 1.165) is 0 Å². The number of carbonyl (C=O) groups is 1. The van der Waals surface area contributed by atoms with E-state index in [9.17, 15) is 4.79 Å². The van der Waals surface area contributed by atoms with Crippen LogP contribution in [0.3, 0.4) is 0 Å². The van der Waals surface area contributed by atoms with E-state index in [0.29, 0.717) is 5.82 Å². The molecule has 0 aliphatic carbocycles. The molecule has 1 amide bonds. The van der Waals surface area contributed by atoms with Crippen molar-refractivity contribution in [2.75, 3.05) is 5.32 Å². The van der Waals surface area contributed by atoms with Crippen LogP contribution >= 0.6 is 11.6 Å². The third-order valence-electron chi connectivity index (χ3n) is 1.60. The van der Waals surface area contributed by atoms with Crippen molar-refractivity contribution in [2.45, 2.75) is 0 Å². The highest BCUT2D eigenvalue weighted by Gasteiger charge is 2.08. The molecule has 0 radical (unpaired) electrons. The van der Waals surface area contributed by atoms with Gasteiger partial charge in [0.05, 0.1) is 18.6 Å². The lowest BCUT2D eigenvalue weighted by Crippen LogP contribution is -2.14. The third kappa shape index (κ3) is 2.29. The minimum absolute atomic E-state index is 0.189. The minimum Gasteiger partial charge on any atom is -0.306 e. The lowest BCUT2D eigenvalue weighted by molar-refractivity contribution is 0.102. The fraction of sp³-hybridized carbons (Fsp3) is 0. The van der Waals surface area contributed by atoms with E-state index in [1.165, 1.54) is 18.6 Å². The number of hydrogen-bond donors (Lipinski definition) is 2. The molecule has 6 nitrogen and oxygen atoms in total. The maximum atomic E-state index is 11.5. The number of nitrogens with one attached hydrogen (secondary N) is 2. The third-order valence-corrected chi connectivity index (χ3v) is 1.80. The highest BCUT2D eigenvalue weighted by molar-refractivity contribution is 6.29. The van der Waals surface area contributed by atoms with E-state index < -0.39 is 0 Å². The van der Waals surface area contributed by atoms with Crippen molar-refractivity contribution in [3.8, 4) is 0 Å². The summed E-state index contributed by atoms with van der Waals surface area (Å²) in [5.74, 6) is 0.125. The van der Waals surface area contributed by atoms with Crippen LogP contribution in [-0.4, -0.2) is 26.1 Å². The Morgan fingerprint density at radius 1 is 1.40 bits per heavy atom. The summed E-state index contributed by atoms with van der Waals surface area (Å²) in [5.41, 5.74) is 0.189. The molecule has 2 rings (SSSR count). The van der Waals surface area contributed by atoms with Crippen molar-refractivity contribution in [3.63, 3.8) is 0 Å². The van der Waals surface area contributed by atoms with Crippen LogP contribution < -0.4 is 5.32 Å². The summed E-state index contributed by atoms with van der Waals surface area (Å²) in [6.45, 7) is 0. The van der Waals surface area contributed by atoms with E-state index in [-0.39, 0.29) is 16.8 Å². The molecule has 0 unspecified atom stereocenters. The quantitative estimate of drug-likeness (QED) is 0.799. The van der Waals surface area contributed by atoms with Gasteiger partial charge in [-0.25, -0.2) is 9.97 Å². The Kier molecular flexibility index (Phi) is 2.59. The van der Waals surface area contributed by atoms with Crippen molar-refractivity contribution < 1.29 is 4.79 Å². The fourth-order valence-electron chi connectivity index (χ4n) is 0.941. The molecule has 15 heavy (non-hydrogen) atoms. The van der Waals surface area contributed by atoms with Crippen molar-refractivity contribution >= 4 is 23.3 Å². The monoisotopic (exact) mass is 223 g/mol. The first-order chi connectivity index (χ1) is 7.25. The Hall–Kier alpha value is -1.95. The molecule has 7 heteroatoms. The van der Waals surface area contributed by atoms with Crippen LogP contribution in [0.4, 0.5) is 5.82 Å². The lowest BCUT2D eigenvalue weighted by Gasteiger charge is -2.00. The van der Waals surface area contributed by atoms with Gasteiger partial charge in [0.1, 0.15) is 16.7 Å². The molecule has 76 valence electrons. The molecule has 2 heterocycles. The Labute approximate surface area is 89.7 Å². The SMILES string of the molecule is O=C(Nc1ccn[nH]1)c1cnc(Cl)cn1. The Balaban J connectivity index is 2.11. The largest absolute Gasteiger partial charge is 0.306 e. The fourth-order valence-corrected chi connectivity index (χ4v) is 1.04. The summed E-state index contributed by atoms with van der Waals surface area (Å²) in [4.78, 5) is 19.1. The molecule has 0 fully saturated rings. The summed E-state index contributed by atoms with van der Waals surface area (Å²) < 4.78 is 0. The highest BCUT2D eigenvalue weighted by atomic mass is 35.5. The van der Waals surface area contributed by atoms with Crippen LogP contribution in [0.5, 0.6) is 0 Å². The zero-order valence-electron chi connectivity index (χ0n) is 7.44. The summed E-state index contributed by atoms with van der Waals surface area (Å²) in [7, 11) is 0. The summed E-state index contributed by atoms with van der Waals surface area (Å²) in [5, 5.41) is 9.08. The lowest BCUT2D eigenvalue weighted by atomic mass is 10.4. The van der Waals surface area contributed by atoms with Crippen molar-refractivity contribution in [2.24, 2.45) is 0 Å². The second-order valence-corrected chi connectivity index (χ2v) is 3.04. The molecule has 0 saturated carbocycles. The van der Waals surface area contributed by atoms with Gasteiger partial charge in [-0.3, -0.25) is 9.89 Å². The number of nitrogens with zero attached hydrogens (tertiary/aromatic N) is 3. The second kappa shape index (κ2) is 4.05. The molecular formula is C8H6ClN5O. The summed E-state index contributed by atoms with van der Waals surface area (Å²) in [6.07, 6.45) is 4.14. The van der Waals surface area contributed by atoms with Gasteiger partial charge >= 0.3 is 0 Å². The van der Waals surface area contributed by atoms with E-state index in [1.807, 2.05) is 0 Å². The molecule has 0 spiro atoms. The summed E-state index contributed by atoms with van der Waals surface area (Å²) >= 11 is 5.54. The molecule has 2 aromatic heterocycles. The van der Waals surface area contributed by atoms with Crippen LogP contribution in [0, 0.1) is 0 Å².